The van der Waals surface area contributed by atoms with Crippen LogP contribution in [0.2, 0.25) is 0 Å². The molecule has 0 fully saturated rings. The molecule has 0 bridgehead atoms. The molecule has 1 aromatic carbocycles. The van der Waals surface area contributed by atoms with E-state index in [2.05, 4.69) is 10.6 Å². The Morgan fingerprint density at radius 2 is 1.96 bits per heavy atom. The van der Waals surface area contributed by atoms with Gasteiger partial charge in [-0.3, -0.25) is 9.59 Å². The van der Waals surface area contributed by atoms with Gasteiger partial charge in [-0.2, -0.15) is 13.2 Å². The minimum absolute atomic E-state index is 0.0184. The summed E-state index contributed by atoms with van der Waals surface area (Å²) < 4.78 is 38.5. The number of halogens is 3. The van der Waals surface area contributed by atoms with E-state index in [0.717, 1.165) is 12.1 Å². The number of anilines is 1. The van der Waals surface area contributed by atoms with Crippen molar-refractivity contribution in [2.24, 2.45) is 5.73 Å². The molecule has 0 aliphatic rings. The Bertz CT molecular complexity index is 746. The van der Waals surface area contributed by atoms with E-state index in [1.54, 1.807) is 17.5 Å². The second-order valence-electron chi connectivity index (χ2n) is 5.15. The molecular formula is C16H16F3N3O2S. The molecule has 0 saturated heterocycles. The van der Waals surface area contributed by atoms with Crippen molar-refractivity contribution in [3.63, 3.8) is 0 Å². The molecule has 0 atom stereocenters. The standard InChI is InChI=1S/C16H16F3N3O2S/c17-16(18,19)11-6-10(9-20)7-12(8-11)22-14(23)3-4-21-15(24)13-2-1-5-25-13/h1-2,5-8H,3-4,9,20H2,(H,21,24)(H,22,23). The van der Waals surface area contributed by atoms with Crippen molar-refractivity contribution >= 4 is 28.8 Å². The fourth-order valence-corrected chi connectivity index (χ4v) is 2.69. The maximum absolute atomic E-state index is 12.8. The summed E-state index contributed by atoms with van der Waals surface area (Å²) in [4.78, 5) is 24.1. The van der Waals surface area contributed by atoms with Crippen LogP contribution in [0.15, 0.2) is 35.7 Å². The first-order chi connectivity index (χ1) is 11.8. The van der Waals surface area contributed by atoms with E-state index in [-0.39, 0.29) is 36.7 Å². The quantitative estimate of drug-likeness (QED) is 0.730. The molecule has 0 unspecified atom stereocenters. The molecule has 134 valence electrons. The summed E-state index contributed by atoms with van der Waals surface area (Å²) in [5.41, 5.74) is 4.80. The van der Waals surface area contributed by atoms with Crippen LogP contribution >= 0.6 is 11.3 Å². The first-order valence-corrected chi connectivity index (χ1v) is 8.20. The van der Waals surface area contributed by atoms with Crippen LogP contribution in [0.3, 0.4) is 0 Å². The molecule has 2 aromatic rings. The van der Waals surface area contributed by atoms with E-state index in [1.807, 2.05) is 0 Å². The Morgan fingerprint density at radius 1 is 1.20 bits per heavy atom. The molecule has 0 radical (unpaired) electrons. The lowest BCUT2D eigenvalue weighted by molar-refractivity contribution is -0.137. The molecule has 1 heterocycles. The van der Waals surface area contributed by atoms with Gasteiger partial charge in [0.15, 0.2) is 0 Å². The summed E-state index contributed by atoms with van der Waals surface area (Å²) >= 11 is 1.27. The zero-order valence-corrected chi connectivity index (χ0v) is 13.8. The zero-order valence-electron chi connectivity index (χ0n) is 13.0. The largest absolute Gasteiger partial charge is 0.416 e. The smallest absolute Gasteiger partial charge is 0.351 e. The predicted molar refractivity (Wildman–Crippen MR) is 89.2 cm³/mol. The van der Waals surface area contributed by atoms with Crippen LogP contribution in [-0.4, -0.2) is 18.4 Å². The van der Waals surface area contributed by atoms with Gasteiger partial charge in [-0.15, -0.1) is 11.3 Å². The minimum Gasteiger partial charge on any atom is -0.351 e. The van der Waals surface area contributed by atoms with E-state index in [9.17, 15) is 22.8 Å². The number of alkyl halides is 3. The summed E-state index contributed by atoms with van der Waals surface area (Å²) in [7, 11) is 0. The Hall–Kier alpha value is -2.39. The van der Waals surface area contributed by atoms with E-state index in [1.165, 1.54) is 17.4 Å². The highest BCUT2D eigenvalue weighted by Gasteiger charge is 2.31. The van der Waals surface area contributed by atoms with E-state index in [4.69, 9.17) is 5.73 Å². The van der Waals surface area contributed by atoms with Crippen LogP contribution in [0, 0.1) is 0 Å². The van der Waals surface area contributed by atoms with Crippen molar-refractivity contribution in [2.75, 3.05) is 11.9 Å². The predicted octanol–water partition coefficient (Wildman–Crippen LogP) is 2.98. The maximum atomic E-state index is 12.8. The maximum Gasteiger partial charge on any atom is 0.416 e. The highest BCUT2D eigenvalue weighted by atomic mass is 32.1. The molecule has 2 amide bonds. The van der Waals surface area contributed by atoms with Gasteiger partial charge >= 0.3 is 6.18 Å². The number of amides is 2. The molecular weight excluding hydrogens is 355 g/mol. The fourth-order valence-electron chi connectivity index (χ4n) is 2.05. The van der Waals surface area contributed by atoms with Crippen molar-refractivity contribution in [3.8, 4) is 0 Å². The third-order valence-corrected chi connectivity index (χ3v) is 4.09. The van der Waals surface area contributed by atoms with Gasteiger partial charge in [-0.1, -0.05) is 6.07 Å². The Kier molecular flexibility index (Phi) is 6.16. The van der Waals surface area contributed by atoms with Crippen molar-refractivity contribution in [2.45, 2.75) is 19.1 Å². The SMILES string of the molecule is NCc1cc(NC(=O)CCNC(=O)c2cccs2)cc(C(F)(F)F)c1. The Labute approximate surface area is 146 Å². The second kappa shape index (κ2) is 8.13. The van der Waals surface area contributed by atoms with Gasteiger partial charge in [-0.25, -0.2) is 0 Å². The van der Waals surface area contributed by atoms with Gasteiger partial charge in [0.1, 0.15) is 0 Å². The van der Waals surface area contributed by atoms with Crippen molar-refractivity contribution in [1.82, 2.24) is 5.32 Å². The number of thiophene rings is 1. The highest BCUT2D eigenvalue weighted by Crippen LogP contribution is 2.32. The van der Waals surface area contributed by atoms with Crippen LogP contribution < -0.4 is 16.4 Å². The summed E-state index contributed by atoms with van der Waals surface area (Å²) in [5, 5.41) is 6.72. The fraction of sp³-hybridized carbons (Fsp3) is 0.250. The van der Waals surface area contributed by atoms with E-state index < -0.39 is 17.6 Å². The number of hydrogen-bond acceptors (Lipinski definition) is 4. The Balaban J connectivity index is 1.92. The lowest BCUT2D eigenvalue weighted by Crippen LogP contribution is -2.27. The van der Waals surface area contributed by atoms with Crippen LogP contribution in [0.1, 0.15) is 27.2 Å². The number of rotatable bonds is 6. The molecule has 1 aromatic heterocycles. The van der Waals surface area contributed by atoms with Gasteiger partial charge in [0, 0.05) is 25.2 Å². The molecule has 0 spiro atoms. The molecule has 25 heavy (non-hydrogen) atoms. The topological polar surface area (TPSA) is 84.2 Å². The molecule has 0 aliphatic carbocycles. The number of carbonyl (C=O) groups excluding carboxylic acids is 2. The molecule has 5 nitrogen and oxygen atoms in total. The van der Waals surface area contributed by atoms with Crippen molar-refractivity contribution in [1.29, 1.82) is 0 Å². The number of benzene rings is 1. The third-order valence-electron chi connectivity index (χ3n) is 3.22. The number of hydrogen-bond donors (Lipinski definition) is 3. The van der Waals surface area contributed by atoms with Gasteiger partial charge in [-0.05, 0) is 35.2 Å². The molecule has 9 heteroatoms. The van der Waals surface area contributed by atoms with Crippen LogP contribution in [0.25, 0.3) is 0 Å². The summed E-state index contributed by atoms with van der Waals surface area (Å²) in [6.45, 7) is -0.00502. The average Bonchev–Trinajstić information content (AvgIpc) is 3.08. The first-order valence-electron chi connectivity index (χ1n) is 7.32. The average molecular weight is 371 g/mol. The minimum atomic E-state index is -4.53. The van der Waals surface area contributed by atoms with Gasteiger partial charge in [0.25, 0.3) is 5.91 Å². The molecule has 0 saturated carbocycles. The monoisotopic (exact) mass is 371 g/mol. The lowest BCUT2D eigenvalue weighted by atomic mass is 10.1. The van der Waals surface area contributed by atoms with Crippen LogP contribution in [0.4, 0.5) is 18.9 Å². The van der Waals surface area contributed by atoms with Gasteiger partial charge in [0.05, 0.1) is 10.4 Å². The van der Waals surface area contributed by atoms with E-state index in [0.29, 0.717) is 4.88 Å². The molecule has 2 rings (SSSR count). The zero-order chi connectivity index (χ0) is 18.4. The number of nitrogens with two attached hydrogens (primary N) is 1. The summed E-state index contributed by atoms with van der Waals surface area (Å²) in [5.74, 6) is -0.805. The van der Waals surface area contributed by atoms with Gasteiger partial charge < -0.3 is 16.4 Å². The summed E-state index contributed by atoms with van der Waals surface area (Å²) in [6, 6.07) is 6.56. The van der Waals surface area contributed by atoms with Crippen molar-refractivity contribution in [3.05, 3.63) is 51.7 Å². The van der Waals surface area contributed by atoms with Crippen molar-refractivity contribution < 1.29 is 22.8 Å². The summed E-state index contributed by atoms with van der Waals surface area (Å²) in [6.07, 6.45) is -4.59. The highest BCUT2D eigenvalue weighted by molar-refractivity contribution is 7.12. The molecule has 0 aliphatic heterocycles. The normalized spacial score (nSPS) is 11.2. The molecule has 4 N–H and O–H groups in total. The van der Waals surface area contributed by atoms with Crippen LogP contribution in [0.5, 0.6) is 0 Å². The Morgan fingerprint density at radius 3 is 2.56 bits per heavy atom. The first kappa shape index (κ1) is 18.9. The van der Waals surface area contributed by atoms with E-state index >= 15 is 0 Å². The number of nitrogens with one attached hydrogen (secondary N) is 2. The third kappa shape index (κ3) is 5.57. The lowest BCUT2D eigenvalue weighted by Gasteiger charge is -2.12. The van der Waals surface area contributed by atoms with Crippen LogP contribution in [-0.2, 0) is 17.5 Å². The second-order valence-corrected chi connectivity index (χ2v) is 6.10. The van der Waals surface area contributed by atoms with Gasteiger partial charge in [0.2, 0.25) is 5.91 Å². The number of carbonyl (C=O) groups is 2.